The number of hydrogen-bond donors (Lipinski definition) is 0. The van der Waals surface area contributed by atoms with Crippen LogP contribution in [0.1, 0.15) is 6.92 Å². The zero-order chi connectivity index (χ0) is 7.78. The van der Waals surface area contributed by atoms with Crippen molar-refractivity contribution in [3.63, 3.8) is 0 Å². The van der Waals surface area contributed by atoms with Crippen molar-refractivity contribution >= 4 is 33.0 Å². The standard InChI is InChI=1S/C4H7IO4S/c1-3-4(2-5)9-10(6,7)8-3/h3-4H,2H2,1H3/t3-,4-/m1/s1. The maximum absolute atomic E-state index is 10.6. The Morgan fingerprint density at radius 2 is 2.10 bits per heavy atom. The molecule has 10 heavy (non-hydrogen) atoms. The van der Waals surface area contributed by atoms with E-state index in [1.54, 1.807) is 6.92 Å². The van der Waals surface area contributed by atoms with E-state index in [0.29, 0.717) is 4.43 Å². The van der Waals surface area contributed by atoms with Crippen molar-refractivity contribution in [1.29, 1.82) is 0 Å². The van der Waals surface area contributed by atoms with Crippen LogP contribution >= 0.6 is 22.6 Å². The van der Waals surface area contributed by atoms with Crippen LogP contribution in [-0.2, 0) is 18.8 Å². The fraction of sp³-hybridized carbons (Fsp3) is 1.00. The van der Waals surface area contributed by atoms with Crippen LogP contribution < -0.4 is 0 Å². The fourth-order valence-corrected chi connectivity index (χ4v) is 2.86. The molecule has 0 aromatic carbocycles. The molecule has 0 aromatic heterocycles. The third-order valence-electron chi connectivity index (χ3n) is 1.19. The summed E-state index contributed by atoms with van der Waals surface area (Å²) in [6.45, 7) is 1.67. The number of rotatable bonds is 1. The van der Waals surface area contributed by atoms with Gasteiger partial charge in [-0.3, -0.25) is 0 Å². The highest BCUT2D eigenvalue weighted by Gasteiger charge is 2.35. The van der Waals surface area contributed by atoms with Crippen LogP contribution in [-0.4, -0.2) is 25.1 Å². The lowest BCUT2D eigenvalue weighted by Gasteiger charge is -2.03. The van der Waals surface area contributed by atoms with Gasteiger partial charge in [0.25, 0.3) is 0 Å². The lowest BCUT2D eigenvalue weighted by molar-refractivity contribution is 0.193. The Balaban J connectivity index is 2.71. The number of hydrogen-bond acceptors (Lipinski definition) is 4. The minimum absolute atomic E-state index is 0.314. The summed E-state index contributed by atoms with van der Waals surface area (Å²) in [5.41, 5.74) is 0. The van der Waals surface area contributed by atoms with Crippen LogP contribution in [0.25, 0.3) is 0 Å². The van der Waals surface area contributed by atoms with Crippen molar-refractivity contribution in [1.82, 2.24) is 0 Å². The van der Waals surface area contributed by atoms with E-state index >= 15 is 0 Å². The highest BCUT2D eigenvalue weighted by Crippen LogP contribution is 2.21. The van der Waals surface area contributed by atoms with Crippen molar-refractivity contribution in [2.24, 2.45) is 0 Å². The van der Waals surface area contributed by atoms with Gasteiger partial charge in [-0.25, -0.2) is 8.37 Å². The monoisotopic (exact) mass is 278 g/mol. The highest BCUT2D eigenvalue weighted by atomic mass is 127. The van der Waals surface area contributed by atoms with Crippen LogP contribution in [0.15, 0.2) is 0 Å². The summed E-state index contributed by atoms with van der Waals surface area (Å²) >= 11 is 2.05. The van der Waals surface area contributed by atoms with Gasteiger partial charge in [-0.2, -0.15) is 8.42 Å². The highest BCUT2D eigenvalue weighted by molar-refractivity contribution is 14.1. The zero-order valence-corrected chi connectivity index (χ0v) is 8.26. The van der Waals surface area contributed by atoms with Gasteiger partial charge in [-0.15, -0.1) is 0 Å². The molecule has 0 spiro atoms. The van der Waals surface area contributed by atoms with E-state index in [4.69, 9.17) is 0 Å². The molecule has 0 saturated carbocycles. The minimum Gasteiger partial charge on any atom is -0.242 e. The minimum atomic E-state index is -3.66. The molecule has 60 valence electrons. The van der Waals surface area contributed by atoms with Gasteiger partial charge in [0.2, 0.25) is 0 Å². The molecule has 0 bridgehead atoms. The van der Waals surface area contributed by atoms with Crippen LogP contribution in [0, 0.1) is 0 Å². The van der Waals surface area contributed by atoms with Crippen molar-refractivity contribution < 1.29 is 16.8 Å². The van der Waals surface area contributed by atoms with E-state index in [-0.39, 0.29) is 12.2 Å². The number of alkyl halides is 1. The molecule has 1 aliphatic heterocycles. The molecule has 4 nitrogen and oxygen atoms in total. The van der Waals surface area contributed by atoms with Gasteiger partial charge < -0.3 is 0 Å². The van der Waals surface area contributed by atoms with Gasteiger partial charge in [0, 0.05) is 4.43 Å². The Bertz CT molecular complexity index is 211. The maximum Gasteiger partial charge on any atom is 0.400 e. The van der Waals surface area contributed by atoms with Crippen molar-refractivity contribution in [3.8, 4) is 0 Å². The summed E-state index contributed by atoms with van der Waals surface area (Å²) in [5.74, 6) is 0. The van der Waals surface area contributed by atoms with Gasteiger partial charge in [-0.1, -0.05) is 22.6 Å². The summed E-state index contributed by atoms with van der Waals surface area (Å²) in [7, 11) is -3.66. The molecule has 1 heterocycles. The molecule has 0 radical (unpaired) electrons. The normalized spacial score (nSPS) is 38.2. The van der Waals surface area contributed by atoms with E-state index < -0.39 is 10.4 Å². The van der Waals surface area contributed by atoms with E-state index in [1.807, 2.05) is 0 Å². The SMILES string of the molecule is C[C@H]1OS(=O)(=O)O[C@@H]1CI. The summed E-state index contributed by atoms with van der Waals surface area (Å²) in [5, 5.41) is 0. The first-order chi connectivity index (χ1) is 4.55. The Morgan fingerprint density at radius 3 is 2.30 bits per heavy atom. The topological polar surface area (TPSA) is 52.6 Å². The van der Waals surface area contributed by atoms with E-state index in [0.717, 1.165) is 0 Å². The third kappa shape index (κ3) is 1.80. The predicted molar refractivity (Wildman–Crippen MR) is 43.2 cm³/mol. The first-order valence-corrected chi connectivity index (χ1v) is 5.58. The number of halogens is 1. The molecule has 1 rings (SSSR count). The third-order valence-corrected chi connectivity index (χ3v) is 3.08. The Morgan fingerprint density at radius 1 is 1.50 bits per heavy atom. The molecular weight excluding hydrogens is 271 g/mol. The van der Waals surface area contributed by atoms with Gasteiger partial charge in [0.15, 0.2) is 0 Å². The van der Waals surface area contributed by atoms with E-state index in [9.17, 15) is 8.42 Å². The lowest BCUT2D eigenvalue weighted by Crippen LogP contribution is -2.19. The summed E-state index contributed by atoms with van der Waals surface area (Å²) in [6, 6.07) is 0. The molecule has 0 aromatic rings. The molecular formula is C4H7IO4S. The predicted octanol–water partition coefficient (Wildman–Crippen LogP) is 0.470. The van der Waals surface area contributed by atoms with Crippen LogP contribution in [0.3, 0.4) is 0 Å². The molecule has 6 heteroatoms. The molecule has 0 N–H and O–H groups in total. The molecule has 1 aliphatic rings. The maximum atomic E-state index is 10.6. The van der Waals surface area contributed by atoms with Crippen LogP contribution in [0.4, 0.5) is 0 Å². The van der Waals surface area contributed by atoms with Gasteiger partial charge in [0.05, 0.1) is 0 Å². The second-order valence-electron chi connectivity index (χ2n) is 2.00. The molecule has 0 amide bonds. The molecule has 2 atom stereocenters. The largest absolute Gasteiger partial charge is 0.400 e. The summed E-state index contributed by atoms with van der Waals surface area (Å²) < 4.78 is 30.8. The average molecular weight is 278 g/mol. The Labute approximate surface area is 73.4 Å². The quantitative estimate of drug-likeness (QED) is 0.517. The van der Waals surface area contributed by atoms with E-state index in [2.05, 4.69) is 31.0 Å². The Hall–Kier alpha value is 0.600. The van der Waals surface area contributed by atoms with Gasteiger partial charge >= 0.3 is 10.4 Å². The van der Waals surface area contributed by atoms with Crippen LogP contribution in [0.5, 0.6) is 0 Å². The van der Waals surface area contributed by atoms with Crippen LogP contribution in [0.2, 0.25) is 0 Å². The molecule has 0 aliphatic carbocycles. The van der Waals surface area contributed by atoms with Crippen molar-refractivity contribution in [3.05, 3.63) is 0 Å². The Kier molecular flexibility index (Phi) is 2.54. The molecule has 1 fully saturated rings. The lowest BCUT2D eigenvalue weighted by atomic mass is 10.3. The van der Waals surface area contributed by atoms with Crippen molar-refractivity contribution in [2.45, 2.75) is 19.1 Å². The smallest absolute Gasteiger partial charge is 0.242 e. The fourth-order valence-electron chi connectivity index (χ4n) is 0.651. The second kappa shape index (κ2) is 2.92. The second-order valence-corrected chi connectivity index (χ2v) is 4.08. The molecule has 1 saturated heterocycles. The zero-order valence-electron chi connectivity index (χ0n) is 5.28. The first kappa shape index (κ1) is 8.69. The van der Waals surface area contributed by atoms with Gasteiger partial charge in [-0.05, 0) is 6.92 Å². The van der Waals surface area contributed by atoms with Gasteiger partial charge in [0.1, 0.15) is 12.2 Å². The summed E-state index contributed by atoms with van der Waals surface area (Å²) in [6.07, 6.45) is -0.660. The van der Waals surface area contributed by atoms with E-state index in [1.165, 1.54) is 0 Å². The van der Waals surface area contributed by atoms with Crippen molar-refractivity contribution in [2.75, 3.05) is 4.43 Å². The average Bonchev–Trinajstić information content (AvgIpc) is 2.05. The first-order valence-electron chi connectivity index (χ1n) is 2.72. The molecule has 0 unspecified atom stereocenters. The summed E-state index contributed by atoms with van der Waals surface area (Å²) in [4.78, 5) is 0.